The quantitative estimate of drug-likeness (QED) is 0.401. The minimum Gasteiger partial charge on any atom is -0.410 e. The van der Waals surface area contributed by atoms with E-state index in [1.54, 1.807) is 0 Å². The van der Waals surface area contributed by atoms with Crippen molar-refractivity contribution in [2.75, 3.05) is 0 Å². The molecule has 0 unspecified atom stereocenters. The van der Waals surface area contributed by atoms with Crippen molar-refractivity contribution in [3.05, 3.63) is 64.9 Å². The molecule has 1 N–H and O–H groups in total. The lowest BCUT2D eigenvalue weighted by atomic mass is 10.1. The molecule has 2 rings (SSSR count). The Labute approximate surface area is 108 Å². The Bertz CT molecular complexity index is 509. The first kappa shape index (κ1) is 11.8. The number of hydrogen-bond acceptors (Lipinski definition) is 2. The predicted molar refractivity (Wildman–Crippen MR) is 69.1 cm³/mol. The summed E-state index contributed by atoms with van der Waals surface area (Å²) in [6.45, 7) is 0.541. The summed E-state index contributed by atoms with van der Waals surface area (Å²) < 4.78 is 2.96. The molecule has 0 fully saturated rings. The van der Waals surface area contributed by atoms with E-state index in [-0.39, 0.29) is 0 Å². The fourth-order valence-electron chi connectivity index (χ4n) is 1.54. The number of pyridine rings is 1. The summed E-state index contributed by atoms with van der Waals surface area (Å²) in [5.74, 6) is 0. The Balaban J connectivity index is 2.21. The van der Waals surface area contributed by atoms with Gasteiger partial charge in [0, 0.05) is 22.2 Å². The maximum atomic E-state index is 9.07. The molecule has 0 spiro atoms. The molecule has 0 saturated heterocycles. The number of aromatic nitrogens is 1. The van der Waals surface area contributed by atoms with Crippen LogP contribution in [0.3, 0.4) is 0 Å². The zero-order valence-corrected chi connectivity index (χ0v) is 10.7. The van der Waals surface area contributed by atoms with E-state index in [9.17, 15) is 0 Å². The van der Waals surface area contributed by atoms with Crippen molar-refractivity contribution >= 4 is 21.6 Å². The van der Waals surface area contributed by atoms with Gasteiger partial charge in [0.05, 0.1) is 0 Å². The summed E-state index contributed by atoms with van der Waals surface area (Å²) in [4.78, 5) is 0. The third-order valence-corrected chi connectivity index (χ3v) is 2.94. The van der Waals surface area contributed by atoms with Crippen molar-refractivity contribution in [3.63, 3.8) is 0 Å². The van der Waals surface area contributed by atoms with Gasteiger partial charge in [-0.15, -0.1) is 0 Å². The Kier molecular flexibility index (Phi) is 3.88. The van der Waals surface area contributed by atoms with Gasteiger partial charge in [-0.05, 0) is 12.1 Å². The van der Waals surface area contributed by atoms with E-state index in [2.05, 4.69) is 21.1 Å². The van der Waals surface area contributed by atoms with Gasteiger partial charge in [0.1, 0.15) is 0 Å². The molecule has 3 nitrogen and oxygen atoms in total. The third kappa shape index (κ3) is 3.14. The summed E-state index contributed by atoms with van der Waals surface area (Å²) in [5.41, 5.74) is 1.54. The largest absolute Gasteiger partial charge is 0.410 e. The van der Waals surface area contributed by atoms with Crippen LogP contribution in [0.25, 0.3) is 0 Å². The van der Waals surface area contributed by atoms with E-state index in [1.165, 1.54) is 0 Å². The Morgan fingerprint density at radius 3 is 2.35 bits per heavy atom. The van der Waals surface area contributed by atoms with Crippen molar-refractivity contribution in [3.8, 4) is 0 Å². The number of rotatable bonds is 3. The second-order valence-corrected chi connectivity index (χ2v) is 4.52. The first-order chi connectivity index (χ1) is 8.29. The number of hydrogen-bond donors (Lipinski definition) is 1. The highest BCUT2D eigenvalue weighted by Gasteiger charge is 2.10. The monoisotopic (exact) mass is 291 g/mol. The molecule has 1 heterocycles. The fraction of sp³-hybridized carbons (Fsp3) is 0.0769. The number of oxime groups is 1. The molecule has 4 heteroatoms. The fourth-order valence-corrected chi connectivity index (χ4v) is 1.80. The molecule has 0 aliphatic rings. The number of nitrogens with zero attached hydrogens (tertiary/aromatic N) is 2. The van der Waals surface area contributed by atoms with Crippen LogP contribution in [0.15, 0.2) is 64.5 Å². The van der Waals surface area contributed by atoms with Crippen molar-refractivity contribution < 1.29 is 9.77 Å². The highest BCUT2D eigenvalue weighted by Crippen LogP contribution is 2.11. The van der Waals surface area contributed by atoms with Crippen molar-refractivity contribution in [2.24, 2.45) is 5.16 Å². The first-order valence-electron chi connectivity index (χ1n) is 5.20. The van der Waals surface area contributed by atoms with Gasteiger partial charge in [0.15, 0.2) is 24.7 Å². The lowest BCUT2D eigenvalue weighted by Crippen LogP contribution is -2.37. The molecule has 0 atom stereocenters. The number of halogens is 1. The van der Waals surface area contributed by atoms with Crippen LogP contribution >= 0.6 is 15.9 Å². The smallest absolute Gasteiger partial charge is 0.194 e. The zero-order chi connectivity index (χ0) is 12.1. The summed E-state index contributed by atoms with van der Waals surface area (Å²) in [5, 5.41) is 12.4. The SMILES string of the molecule is O/N=C(/C[n+]1ccccc1)c1ccc(Br)cc1. The van der Waals surface area contributed by atoms with E-state index in [1.807, 2.05) is 59.4 Å². The van der Waals surface area contributed by atoms with E-state index in [0.717, 1.165) is 10.0 Å². The van der Waals surface area contributed by atoms with Crippen LogP contribution < -0.4 is 4.57 Å². The maximum Gasteiger partial charge on any atom is 0.194 e. The minimum absolute atomic E-state index is 0.541. The molecule has 0 aliphatic carbocycles. The maximum absolute atomic E-state index is 9.07. The minimum atomic E-state index is 0.541. The van der Waals surface area contributed by atoms with Crippen molar-refractivity contribution in [2.45, 2.75) is 6.54 Å². The lowest BCUT2D eigenvalue weighted by molar-refractivity contribution is -0.681. The van der Waals surface area contributed by atoms with E-state index in [4.69, 9.17) is 5.21 Å². The molecule has 86 valence electrons. The molecule has 0 saturated carbocycles. The zero-order valence-electron chi connectivity index (χ0n) is 9.12. The predicted octanol–water partition coefficient (Wildman–Crippen LogP) is 2.62. The summed E-state index contributed by atoms with van der Waals surface area (Å²) in [6.07, 6.45) is 3.87. The molecule has 17 heavy (non-hydrogen) atoms. The molecule has 2 aromatic rings. The van der Waals surface area contributed by atoms with Crippen LogP contribution in [-0.4, -0.2) is 10.9 Å². The second-order valence-electron chi connectivity index (χ2n) is 3.60. The Morgan fingerprint density at radius 1 is 1.12 bits per heavy atom. The standard InChI is InChI=1S/C13H11BrN2O/c14-12-6-4-11(5-7-12)13(15-17)10-16-8-2-1-3-9-16/h1-9H,10H2/p+1/b15-13-. The van der Waals surface area contributed by atoms with Crippen LogP contribution in [-0.2, 0) is 6.54 Å². The van der Waals surface area contributed by atoms with Crippen LogP contribution in [0.1, 0.15) is 5.56 Å². The average Bonchev–Trinajstić information content (AvgIpc) is 2.38. The molecule has 1 aromatic heterocycles. The Hall–Kier alpha value is -1.68. The van der Waals surface area contributed by atoms with Crippen LogP contribution in [0.2, 0.25) is 0 Å². The molecule has 0 radical (unpaired) electrons. The molecule has 0 bridgehead atoms. The molecule has 1 aromatic carbocycles. The van der Waals surface area contributed by atoms with Gasteiger partial charge in [-0.1, -0.05) is 39.3 Å². The highest BCUT2D eigenvalue weighted by molar-refractivity contribution is 9.10. The van der Waals surface area contributed by atoms with E-state index < -0.39 is 0 Å². The summed E-state index contributed by atoms with van der Waals surface area (Å²) >= 11 is 3.38. The Morgan fingerprint density at radius 2 is 1.76 bits per heavy atom. The normalized spacial score (nSPS) is 11.5. The summed E-state index contributed by atoms with van der Waals surface area (Å²) in [7, 11) is 0. The first-order valence-corrected chi connectivity index (χ1v) is 6.00. The molecular weight excluding hydrogens is 280 g/mol. The van der Waals surface area contributed by atoms with Gasteiger partial charge in [-0.2, -0.15) is 4.57 Å². The second kappa shape index (κ2) is 5.59. The summed E-state index contributed by atoms with van der Waals surface area (Å²) in [6, 6.07) is 13.5. The topological polar surface area (TPSA) is 36.5 Å². The molecule has 0 amide bonds. The van der Waals surface area contributed by atoms with Gasteiger partial charge in [-0.25, -0.2) is 0 Å². The van der Waals surface area contributed by atoms with Crippen LogP contribution in [0, 0.1) is 0 Å². The van der Waals surface area contributed by atoms with Gasteiger partial charge in [0.25, 0.3) is 0 Å². The van der Waals surface area contributed by atoms with Crippen molar-refractivity contribution in [1.29, 1.82) is 0 Å². The van der Waals surface area contributed by atoms with Gasteiger partial charge >= 0.3 is 0 Å². The molecule has 0 aliphatic heterocycles. The van der Waals surface area contributed by atoms with E-state index in [0.29, 0.717) is 12.3 Å². The van der Waals surface area contributed by atoms with Crippen LogP contribution in [0.4, 0.5) is 0 Å². The van der Waals surface area contributed by atoms with Crippen LogP contribution in [0.5, 0.6) is 0 Å². The average molecular weight is 292 g/mol. The number of benzene rings is 1. The van der Waals surface area contributed by atoms with Crippen molar-refractivity contribution in [1.82, 2.24) is 0 Å². The molecular formula is C13H12BrN2O+. The highest BCUT2D eigenvalue weighted by atomic mass is 79.9. The van der Waals surface area contributed by atoms with Gasteiger partial charge in [0.2, 0.25) is 0 Å². The third-order valence-electron chi connectivity index (χ3n) is 2.41. The van der Waals surface area contributed by atoms with E-state index >= 15 is 0 Å². The lowest BCUT2D eigenvalue weighted by Gasteiger charge is -2.01. The van der Waals surface area contributed by atoms with Gasteiger partial charge < -0.3 is 5.21 Å². The van der Waals surface area contributed by atoms with Gasteiger partial charge in [-0.3, -0.25) is 0 Å².